The van der Waals surface area contributed by atoms with E-state index in [1.165, 1.54) is 0 Å². The summed E-state index contributed by atoms with van der Waals surface area (Å²) in [5.41, 5.74) is 3.82. The van der Waals surface area contributed by atoms with Crippen molar-refractivity contribution in [2.45, 2.75) is 13.3 Å². The molecule has 0 radical (unpaired) electrons. The maximum absolute atomic E-state index is 9.21. The average Bonchev–Trinajstić information content (AvgIpc) is 2.46. The van der Waals surface area contributed by atoms with E-state index < -0.39 is 7.12 Å². The summed E-state index contributed by atoms with van der Waals surface area (Å²) in [4.78, 5) is 0. The summed E-state index contributed by atoms with van der Waals surface area (Å²) in [5.74, 6) is 0.823. The number of aryl methyl sites for hydroxylation is 1. The van der Waals surface area contributed by atoms with Crippen molar-refractivity contribution in [3.63, 3.8) is 0 Å². The third kappa shape index (κ3) is 2.97. The molecule has 0 aromatic heterocycles. The zero-order chi connectivity index (χ0) is 13.8. The highest BCUT2D eigenvalue weighted by molar-refractivity contribution is 6.58. The third-order valence-corrected chi connectivity index (χ3v) is 3.21. The predicted molar refractivity (Wildman–Crippen MR) is 77.6 cm³/mol. The van der Waals surface area contributed by atoms with E-state index in [2.05, 4.69) is 6.92 Å². The Hall–Kier alpha value is -1.78. The van der Waals surface area contributed by atoms with Crippen molar-refractivity contribution in [3.05, 3.63) is 48.0 Å². The maximum Gasteiger partial charge on any atom is 0.488 e. The molecule has 2 rings (SSSR count). The SMILES string of the molecule is CCc1cc(B(O)O)ccc1-c1ccc(OC)cc1. The molecule has 2 aromatic rings. The van der Waals surface area contributed by atoms with Gasteiger partial charge in [-0.2, -0.15) is 0 Å². The van der Waals surface area contributed by atoms with E-state index in [1.807, 2.05) is 36.4 Å². The first-order valence-electron chi connectivity index (χ1n) is 6.29. The molecule has 0 heterocycles. The summed E-state index contributed by atoms with van der Waals surface area (Å²) < 4.78 is 5.15. The van der Waals surface area contributed by atoms with E-state index in [0.717, 1.165) is 28.9 Å². The first-order chi connectivity index (χ1) is 9.15. The van der Waals surface area contributed by atoms with Gasteiger partial charge in [-0.3, -0.25) is 0 Å². The molecular weight excluding hydrogens is 239 g/mol. The van der Waals surface area contributed by atoms with Gasteiger partial charge in [0.2, 0.25) is 0 Å². The second-order valence-corrected chi connectivity index (χ2v) is 4.37. The largest absolute Gasteiger partial charge is 0.497 e. The lowest BCUT2D eigenvalue weighted by Gasteiger charge is -2.11. The number of methoxy groups -OCH3 is 1. The van der Waals surface area contributed by atoms with Crippen LogP contribution in [0.1, 0.15) is 12.5 Å². The molecule has 0 atom stereocenters. The fourth-order valence-electron chi connectivity index (χ4n) is 2.12. The van der Waals surface area contributed by atoms with Gasteiger partial charge in [0.05, 0.1) is 7.11 Å². The molecule has 0 unspecified atom stereocenters. The van der Waals surface area contributed by atoms with Gasteiger partial charge in [-0.05, 0) is 40.7 Å². The van der Waals surface area contributed by atoms with E-state index in [4.69, 9.17) is 4.74 Å². The van der Waals surface area contributed by atoms with Gasteiger partial charge in [-0.1, -0.05) is 37.3 Å². The fraction of sp³-hybridized carbons (Fsp3) is 0.200. The van der Waals surface area contributed by atoms with Gasteiger partial charge in [0.1, 0.15) is 5.75 Å². The van der Waals surface area contributed by atoms with Gasteiger partial charge in [0.15, 0.2) is 0 Å². The highest BCUT2D eigenvalue weighted by atomic mass is 16.5. The van der Waals surface area contributed by atoms with Crippen LogP contribution in [-0.2, 0) is 6.42 Å². The van der Waals surface area contributed by atoms with E-state index in [9.17, 15) is 10.0 Å². The lowest BCUT2D eigenvalue weighted by molar-refractivity contribution is 0.415. The standard InChI is InChI=1S/C15H17BO3/c1-3-11-10-13(16(17)18)6-9-15(11)12-4-7-14(19-2)8-5-12/h4-10,17-18H,3H2,1-2H3. The van der Waals surface area contributed by atoms with Gasteiger partial charge in [-0.25, -0.2) is 0 Å². The molecule has 0 spiro atoms. The predicted octanol–water partition coefficient (Wildman–Crippen LogP) is 1.60. The van der Waals surface area contributed by atoms with Gasteiger partial charge >= 0.3 is 7.12 Å². The van der Waals surface area contributed by atoms with Crippen LogP contribution >= 0.6 is 0 Å². The number of rotatable bonds is 4. The summed E-state index contributed by atoms with van der Waals surface area (Å²) in [6.07, 6.45) is 0.835. The van der Waals surface area contributed by atoms with E-state index in [-0.39, 0.29) is 0 Å². The van der Waals surface area contributed by atoms with Crippen molar-refractivity contribution in [2.75, 3.05) is 7.11 Å². The average molecular weight is 256 g/mol. The van der Waals surface area contributed by atoms with E-state index in [1.54, 1.807) is 13.2 Å². The van der Waals surface area contributed by atoms with Crippen molar-refractivity contribution in [3.8, 4) is 16.9 Å². The quantitative estimate of drug-likeness (QED) is 0.817. The Labute approximate surface area is 113 Å². The summed E-state index contributed by atoms with van der Waals surface area (Å²) in [6, 6.07) is 13.3. The lowest BCUT2D eigenvalue weighted by atomic mass is 9.78. The van der Waals surface area contributed by atoms with Crippen LogP contribution in [0, 0.1) is 0 Å². The summed E-state index contributed by atoms with van der Waals surface area (Å²) in [6.45, 7) is 2.05. The second-order valence-electron chi connectivity index (χ2n) is 4.37. The molecule has 0 amide bonds. The first-order valence-corrected chi connectivity index (χ1v) is 6.29. The number of ether oxygens (including phenoxy) is 1. The van der Waals surface area contributed by atoms with Crippen LogP contribution < -0.4 is 10.2 Å². The molecule has 0 aliphatic rings. The van der Waals surface area contributed by atoms with Crippen LogP contribution in [-0.4, -0.2) is 24.3 Å². The van der Waals surface area contributed by atoms with Gasteiger partial charge < -0.3 is 14.8 Å². The monoisotopic (exact) mass is 256 g/mol. The highest BCUT2D eigenvalue weighted by Crippen LogP contribution is 2.25. The molecule has 0 bridgehead atoms. The molecule has 0 saturated heterocycles. The molecular formula is C15H17BO3. The summed E-state index contributed by atoms with van der Waals surface area (Å²) in [7, 11) is 0.222. The van der Waals surface area contributed by atoms with Gasteiger partial charge in [-0.15, -0.1) is 0 Å². The van der Waals surface area contributed by atoms with Crippen molar-refractivity contribution in [2.24, 2.45) is 0 Å². The normalized spacial score (nSPS) is 10.3. The zero-order valence-corrected chi connectivity index (χ0v) is 11.1. The van der Waals surface area contributed by atoms with Crippen LogP contribution in [0.15, 0.2) is 42.5 Å². The molecule has 4 heteroatoms. The van der Waals surface area contributed by atoms with E-state index >= 15 is 0 Å². The van der Waals surface area contributed by atoms with Gasteiger partial charge in [0, 0.05) is 0 Å². The molecule has 2 aromatic carbocycles. The Balaban J connectivity index is 2.42. The van der Waals surface area contributed by atoms with Crippen molar-refractivity contribution in [1.82, 2.24) is 0 Å². The molecule has 98 valence electrons. The molecule has 0 aliphatic heterocycles. The Morgan fingerprint density at radius 1 is 1.05 bits per heavy atom. The number of hydrogen-bond donors (Lipinski definition) is 2. The molecule has 0 aliphatic carbocycles. The Morgan fingerprint density at radius 2 is 1.74 bits per heavy atom. The smallest absolute Gasteiger partial charge is 0.488 e. The molecule has 0 saturated carbocycles. The topological polar surface area (TPSA) is 49.7 Å². The Kier molecular flexibility index (Phi) is 4.25. The third-order valence-electron chi connectivity index (χ3n) is 3.21. The fourth-order valence-corrected chi connectivity index (χ4v) is 2.12. The Morgan fingerprint density at radius 3 is 2.26 bits per heavy atom. The van der Waals surface area contributed by atoms with Crippen molar-refractivity contribution in [1.29, 1.82) is 0 Å². The molecule has 3 nitrogen and oxygen atoms in total. The Bertz CT molecular complexity index is 550. The van der Waals surface area contributed by atoms with Crippen LogP contribution in [0.3, 0.4) is 0 Å². The van der Waals surface area contributed by atoms with Crippen LogP contribution in [0.25, 0.3) is 11.1 Å². The molecule has 0 fully saturated rings. The highest BCUT2D eigenvalue weighted by Gasteiger charge is 2.13. The zero-order valence-electron chi connectivity index (χ0n) is 11.1. The first kappa shape index (κ1) is 13.7. The minimum absolute atomic E-state index is 0.522. The van der Waals surface area contributed by atoms with E-state index in [0.29, 0.717) is 5.46 Å². The minimum atomic E-state index is -1.42. The lowest BCUT2D eigenvalue weighted by Crippen LogP contribution is -2.30. The van der Waals surface area contributed by atoms with Gasteiger partial charge in [0.25, 0.3) is 0 Å². The van der Waals surface area contributed by atoms with Crippen molar-refractivity contribution < 1.29 is 14.8 Å². The molecule has 2 N–H and O–H groups in total. The summed E-state index contributed by atoms with van der Waals surface area (Å²) >= 11 is 0. The number of hydrogen-bond acceptors (Lipinski definition) is 3. The van der Waals surface area contributed by atoms with Crippen LogP contribution in [0.5, 0.6) is 5.75 Å². The molecule has 19 heavy (non-hydrogen) atoms. The minimum Gasteiger partial charge on any atom is -0.497 e. The number of benzene rings is 2. The summed E-state index contributed by atoms with van der Waals surface area (Å²) in [5, 5.41) is 18.4. The van der Waals surface area contributed by atoms with Crippen LogP contribution in [0.2, 0.25) is 0 Å². The second kappa shape index (κ2) is 5.91. The maximum atomic E-state index is 9.21. The van der Waals surface area contributed by atoms with Crippen molar-refractivity contribution >= 4 is 12.6 Å². The van der Waals surface area contributed by atoms with Crippen LogP contribution in [0.4, 0.5) is 0 Å².